The minimum absolute atomic E-state index is 0.111. The molecule has 2 aliphatic heterocycles. The number of hydrogen-bond donors (Lipinski definition) is 3. The molecule has 3 N–H and O–H groups in total. The normalized spacial score (nSPS) is 26.1. The van der Waals surface area contributed by atoms with Crippen molar-refractivity contribution in [1.82, 2.24) is 20.9 Å². The van der Waals surface area contributed by atoms with Crippen LogP contribution in [0.1, 0.15) is 13.3 Å². The Morgan fingerprint density at radius 3 is 2.82 bits per heavy atom. The van der Waals surface area contributed by atoms with Crippen LogP contribution in [0.25, 0.3) is 0 Å². The number of urea groups is 2. The van der Waals surface area contributed by atoms with E-state index in [-0.39, 0.29) is 31.0 Å². The fraction of sp³-hybridized carbons (Fsp3) is 0.667. The number of amides is 4. The summed E-state index contributed by atoms with van der Waals surface area (Å²) in [5.41, 5.74) is 0. The van der Waals surface area contributed by atoms with Gasteiger partial charge in [0.2, 0.25) is 0 Å². The van der Waals surface area contributed by atoms with Gasteiger partial charge in [-0.15, -0.1) is 0 Å². The molecular formula is C9H14N4O4. The summed E-state index contributed by atoms with van der Waals surface area (Å²) >= 11 is 0. The summed E-state index contributed by atoms with van der Waals surface area (Å²) in [5.74, 6) is -0.360. The summed E-state index contributed by atoms with van der Waals surface area (Å²) in [7, 11) is 0. The number of carbonyl (C=O) groups is 3. The van der Waals surface area contributed by atoms with E-state index in [0.717, 1.165) is 0 Å². The number of hydrogen-bond acceptors (Lipinski definition) is 4. The quantitative estimate of drug-likeness (QED) is 0.546. The first-order valence-corrected chi connectivity index (χ1v) is 5.41. The molecule has 0 bridgehead atoms. The number of nitrogens with one attached hydrogen (secondary N) is 3. The predicted octanol–water partition coefficient (Wildman–Crippen LogP) is -1.07. The molecule has 0 radical (unpaired) electrons. The highest BCUT2D eigenvalue weighted by molar-refractivity contribution is 5.85. The minimum atomic E-state index is -0.440. The Bertz CT molecular complexity index is 359. The van der Waals surface area contributed by atoms with Gasteiger partial charge in [-0.3, -0.25) is 9.69 Å². The van der Waals surface area contributed by atoms with E-state index in [9.17, 15) is 14.4 Å². The second-order valence-corrected chi connectivity index (χ2v) is 3.74. The van der Waals surface area contributed by atoms with Gasteiger partial charge >= 0.3 is 18.0 Å². The second-order valence-electron chi connectivity index (χ2n) is 3.74. The molecule has 2 fully saturated rings. The monoisotopic (exact) mass is 242 g/mol. The molecule has 0 aromatic carbocycles. The lowest BCUT2D eigenvalue weighted by Crippen LogP contribution is -2.44. The van der Waals surface area contributed by atoms with E-state index in [2.05, 4.69) is 16.0 Å². The van der Waals surface area contributed by atoms with Gasteiger partial charge in [0.15, 0.2) is 0 Å². The average molecular weight is 242 g/mol. The Morgan fingerprint density at radius 2 is 2.12 bits per heavy atom. The third kappa shape index (κ3) is 2.24. The van der Waals surface area contributed by atoms with Gasteiger partial charge in [-0.1, -0.05) is 0 Å². The Kier molecular flexibility index (Phi) is 3.03. The topological polar surface area (TPSA) is 99.8 Å². The number of carbonyl (C=O) groups excluding carboxylic acids is 3. The van der Waals surface area contributed by atoms with Crippen LogP contribution < -0.4 is 16.0 Å². The SMILES string of the molecule is CCOC(=O)CCN1C(=O)N[C@@H]2NC(=O)N[C@@H]21. The molecule has 17 heavy (non-hydrogen) atoms. The highest BCUT2D eigenvalue weighted by Crippen LogP contribution is 2.14. The fourth-order valence-electron chi connectivity index (χ4n) is 1.88. The summed E-state index contributed by atoms with van der Waals surface area (Å²) in [4.78, 5) is 35.2. The minimum Gasteiger partial charge on any atom is -0.466 e. The van der Waals surface area contributed by atoms with Gasteiger partial charge in [-0.2, -0.15) is 0 Å². The summed E-state index contributed by atoms with van der Waals surface area (Å²) in [6, 6.07) is -0.641. The molecule has 4 amide bonds. The molecule has 2 aliphatic rings. The lowest BCUT2D eigenvalue weighted by atomic mass is 10.3. The van der Waals surface area contributed by atoms with Crippen LogP contribution in [0.2, 0.25) is 0 Å². The van der Waals surface area contributed by atoms with Crippen LogP contribution in [0.15, 0.2) is 0 Å². The maximum atomic E-state index is 11.5. The third-order valence-electron chi connectivity index (χ3n) is 2.62. The highest BCUT2D eigenvalue weighted by Gasteiger charge is 2.45. The second kappa shape index (κ2) is 4.48. The Morgan fingerprint density at radius 1 is 1.35 bits per heavy atom. The molecule has 0 unspecified atom stereocenters. The Hall–Kier alpha value is -1.99. The zero-order valence-corrected chi connectivity index (χ0v) is 9.36. The zero-order chi connectivity index (χ0) is 12.4. The number of nitrogens with zero attached hydrogens (tertiary/aromatic N) is 1. The van der Waals surface area contributed by atoms with Crippen molar-refractivity contribution in [2.45, 2.75) is 25.7 Å². The molecule has 2 atom stereocenters. The van der Waals surface area contributed by atoms with Crippen LogP contribution in [0.5, 0.6) is 0 Å². The van der Waals surface area contributed by atoms with E-state index in [1.54, 1.807) is 6.92 Å². The van der Waals surface area contributed by atoms with Crippen LogP contribution >= 0.6 is 0 Å². The molecule has 0 spiro atoms. The highest BCUT2D eigenvalue weighted by atomic mass is 16.5. The van der Waals surface area contributed by atoms with Crippen molar-refractivity contribution < 1.29 is 19.1 Å². The van der Waals surface area contributed by atoms with Gasteiger partial charge in [-0.25, -0.2) is 9.59 Å². The molecule has 2 saturated heterocycles. The molecule has 8 nitrogen and oxygen atoms in total. The number of rotatable bonds is 4. The molecule has 2 heterocycles. The van der Waals surface area contributed by atoms with Crippen LogP contribution in [-0.4, -0.2) is 48.4 Å². The first-order chi connectivity index (χ1) is 8.11. The van der Waals surface area contributed by atoms with E-state index < -0.39 is 12.3 Å². The van der Waals surface area contributed by atoms with Gasteiger partial charge in [-0.05, 0) is 6.92 Å². The number of fused-ring (bicyclic) bond motifs is 1. The van der Waals surface area contributed by atoms with Crippen molar-refractivity contribution in [3.63, 3.8) is 0 Å². The maximum absolute atomic E-state index is 11.5. The van der Waals surface area contributed by atoms with E-state index in [1.807, 2.05) is 0 Å². The smallest absolute Gasteiger partial charge is 0.320 e. The molecular weight excluding hydrogens is 228 g/mol. The zero-order valence-electron chi connectivity index (χ0n) is 9.36. The molecule has 8 heteroatoms. The molecule has 0 saturated carbocycles. The van der Waals surface area contributed by atoms with Crippen LogP contribution in [0, 0.1) is 0 Å². The van der Waals surface area contributed by atoms with Crippen LogP contribution in [-0.2, 0) is 9.53 Å². The van der Waals surface area contributed by atoms with Crippen molar-refractivity contribution in [2.24, 2.45) is 0 Å². The number of ether oxygens (including phenoxy) is 1. The lowest BCUT2D eigenvalue weighted by molar-refractivity contribution is -0.143. The summed E-state index contributed by atoms with van der Waals surface area (Å²) < 4.78 is 4.77. The lowest BCUT2D eigenvalue weighted by Gasteiger charge is -2.20. The van der Waals surface area contributed by atoms with Crippen molar-refractivity contribution >= 4 is 18.0 Å². The van der Waals surface area contributed by atoms with E-state index >= 15 is 0 Å². The summed E-state index contributed by atoms with van der Waals surface area (Å²) in [6.45, 7) is 2.25. The first-order valence-electron chi connectivity index (χ1n) is 5.41. The Balaban J connectivity index is 1.89. The molecule has 94 valence electrons. The standard InChI is InChI=1S/C9H14N4O4/c1-2-17-5(14)3-4-13-7-6(11-9(13)16)10-8(15)12-7/h6-7H,2-4H2,1H3,(H,11,16)(H2,10,12,15)/t6-,7+/m0/s1. The largest absolute Gasteiger partial charge is 0.466 e. The van der Waals surface area contributed by atoms with Crippen LogP contribution in [0.4, 0.5) is 9.59 Å². The molecule has 0 aromatic heterocycles. The van der Waals surface area contributed by atoms with Crippen molar-refractivity contribution in [3.8, 4) is 0 Å². The van der Waals surface area contributed by atoms with E-state index in [4.69, 9.17) is 4.74 Å². The summed E-state index contributed by atoms with van der Waals surface area (Å²) in [5, 5.41) is 7.73. The Labute approximate surface area is 97.7 Å². The molecule has 0 aromatic rings. The average Bonchev–Trinajstić information content (AvgIpc) is 2.71. The van der Waals surface area contributed by atoms with Crippen molar-refractivity contribution in [1.29, 1.82) is 0 Å². The fourth-order valence-corrected chi connectivity index (χ4v) is 1.88. The van der Waals surface area contributed by atoms with E-state index in [0.29, 0.717) is 6.61 Å². The van der Waals surface area contributed by atoms with Crippen molar-refractivity contribution in [3.05, 3.63) is 0 Å². The maximum Gasteiger partial charge on any atom is 0.320 e. The van der Waals surface area contributed by atoms with Gasteiger partial charge in [0, 0.05) is 6.54 Å². The number of esters is 1. The summed E-state index contributed by atoms with van der Waals surface area (Å²) in [6.07, 6.45) is -0.762. The van der Waals surface area contributed by atoms with Crippen molar-refractivity contribution in [2.75, 3.05) is 13.2 Å². The molecule has 0 aliphatic carbocycles. The van der Waals surface area contributed by atoms with Crippen LogP contribution in [0.3, 0.4) is 0 Å². The van der Waals surface area contributed by atoms with Gasteiger partial charge in [0.05, 0.1) is 13.0 Å². The van der Waals surface area contributed by atoms with Gasteiger partial charge in [0.25, 0.3) is 0 Å². The predicted molar refractivity (Wildman–Crippen MR) is 55.7 cm³/mol. The van der Waals surface area contributed by atoms with E-state index in [1.165, 1.54) is 4.90 Å². The first kappa shape index (κ1) is 11.5. The third-order valence-corrected chi connectivity index (χ3v) is 2.62. The molecule has 2 rings (SSSR count). The van der Waals surface area contributed by atoms with Gasteiger partial charge in [0.1, 0.15) is 12.3 Å². The van der Waals surface area contributed by atoms with Gasteiger partial charge < -0.3 is 20.7 Å².